The smallest absolute Gasteiger partial charge is 0.107 e. The van der Waals surface area contributed by atoms with E-state index in [-0.39, 0.29) is 6.04 Å². The van der Waals surface area contributed by atoms with Gasteiger partial charge in [0.15, 0.2) is 0 Å². The molecule has 0 saturated heterocycles. The average Bonchev–Trinajstić information content (AvgIpc) is 2.58. The summed E-state index contributed by atoms with van der Waals surface area (Å²) >= 11 is 23.1. The highest BCUT2D eigenvalue weighted by atomic mass is 79.9. The molecular formula is C12H9BrCl3NS. The van der Waals surface area contributed by atoms with E-state index in [0.29, 0.717) is 10.0 Å². The number of hydrogen-bond acceptors (Lipinski definition) is 2. The third-order valence-corrected chi connectivity index (χ3v) is 5.43. The van der Waals surface area contributed by atoms with Gasteiger partial charge >= 0.3 is 0 Å². The molecule has 1 N–H and O–H groups in total. The monoisotopic (exact) mass is 383 g/mol. The van der Waals surface area contributed by atoms with E-state index in [1.165, 1.54) is 11.3 Å². The fourth-order valence-corrected chi connectivity index (χ4v) is 4.14. The molecule has 1 aromatic carbocycles. The van der Waals surface area contributed by atoms with Crippen molar-refractivity contribution in [1.29, 1.82) is 0 Å². The van der Waals surface area contributed by atoms with E-state index in [0.717, 1.165) is 19.2 Å². The maximum atomic E-state index is 6.07. The molecule has 0 aliphatic rings. The molecule has 1 nitrogen and oxygen atoms in total. The largest absolute Gasteiger partial charge is 0.309 e. The first-order valence-corrected chi connectivity index (χ1v) is 7.83. The predicted molar refractivity (Wildman–Crippen MR) is 84.4 cm³/mol. The van der Waals surface area contributed by atoms with Crippen molar-refractivity contribution in [3.8, 4) is 0 Å². The number of halogens is 4. The Labute approximate surface area is 133 Å². The second-order valence-corrected chi connectivity index (χ2v) is 7.11. The summed E-state index contributed by atoms with van der Waals surface area (Å²) in [5.41, 5.74) is 1.01. The van der Waals surface area contributed by atoms with Gasteiger partial charge in [-0.2, -0.15) is 0 Å². The molecule has 1 heterocycles. The van der Waals surface area contributed by atoms with E-state index < -0.39 is 0 Å². The van der Waals surface area contributed by atoms with Crippen LogP contribution in [0.25, 0.3) is 0 Å². The molecule has 0 saturated carbocycles. The fourth-order valence-electron chi connectivity index (χ4n) is 1.72. The van der Waals surface area contributed by atoms with Crippen molar-refractivity contribution in [1.82, 2.24) is 5.32 Å². The summed E-state index contributed by atoms with van der Waals surface area (Å²) in [7, 11) is 1.89. The second kappa shape index (κ2) is 6.12. The second-order valence-electron chi connectivity index (χ2n) is 3.69. The third kappa shape index (κ3) is 3.21. The quantitative estimate of drug-likeness (QED) is 0.706. The number of hydrogen-bond donors (Lipinski definition) is 1. The molecule has 96 valence electrons. The van der Waals surface area contributed by atoms with E-state index >= 15 is 0 Å². The highest BCUT2D eigenvalue weighted by Crippen LogP contribution is 2.38. The van der Waals surface area contributed by atoms with Gasteiger partial charge in [0.25, 0.3) is 0 Å². The number of benzene rings is 1. The summed E-state index contributed by atoms with van der Waals surface area (Å²) in [6.45, 7) is 0. The molecule has 0 fully saturated rings. The minimum Gasteiger partial charge on any atom is -0.309 e. The van der Waals surface area contributed by atoms with Crippen molar-refractivity contribution < 1.29 is 0 Å². The van der Waals surface area contributed by atoms with Crippen LogP contribution in [0.4, 0.5) is 0 Å². The van der Waals surface area contributed by atoms with Crippen LogP contribution in [-0.4, -0.2) is 7.05 Å². The topological polar surface area (TPSA) is 12.0 Å². The Morgan fingerprint density at radius 3 is 2.17 bits per heavy atom. The summed E-state index contributed by atoms with van der Waals surface area (Å²) in [6, 6.07) is 7.54. The summed E-state index contributed by atoms with van der Waals surface area (Å²) in [5.74, 6) is 0. The fraction of sp³-hybridized carbons (Fsp3) is 0.167. The zero-order valence-corrected chi connectivity index (χ0v) is 14.0. The van der Waals surface area contributed by atoms with Crippen molar-refractivity contribution in [2.45, 2.75) is 6.04 Å². The van der Waals surface area contributed by atoms with Crippen molar-refractivity contribution >= 4 is 62.1 Å². The molecule has 0 aliphatic carbocycles. The average molecular weight is 386 g/mol. The van der Waals surface area contributed by atoms with Crippen molar-refractivity contribution in [3.05, 3.63) is 53.6 Å². The van der Waals surface area contributed by atoms with Gasteiger partial charge < -0.3 is 5.32 Å². The Morgan fingerprint density at radius 1 is 1.11 bits per heavy atom. The summed E-state index contributed by atoms with van der Waals surface area (Å²) in [5, 5.41) is 4.49. The Hall–Kier alpha value is 0.230. The molecule has 0 aliphatic heterocycles. The minimum absolute atomic E-state index is 0.0231. The van der Waals surface area contributed by atoms with Crippen LogP contribution in [0.1, 0.15) is 16.5 Å². The van der Waals surface area contributed by atoms with E-state index in [4.69, 9.17) is 34.8 Å². The van der Waals surface area contributed by atoms with Crippen molar-refractivity contribution in [2.75, 3.05) is 7.05 Å². The van der Waals surface area contributed by atoms with E-state index in [2.05, 4.69) is 21.2 Å². The highest BCUT2D eigenvalue weighted by molar-refractivity contribution is 9.10. The van der Waals surface area contributed by atoms with Crippen LogP contribution < -0.4 is 5.32 Å². The molecule has 6 heteroatoms. The first-order chi connectivity index (χ1) is 8.51. The molecular weight excluding hydrogens is 376 g/mol. The minimum atomic E-state index is 0.0231. The summed E-state index contributed by atoms with van der Waals surface area (Å²) < 4.78 is 1.64. The maximum Gasteiger partial charge on any atom is 0.107 e. The van der Waals surface area contributed by atoms with Crippen LogP contribution in [-0.2, 0) is 0 Å². The number of rotatable bonds is 3. The Kier molecular flexibility index (Phi) is 4.98. The van der Waals surface area contributed by atoms with Gasteiger partial charge in [-0.25, -0.2) is 0 Å². The molecule has 0 radical (unpaired) electrons. The van der Waals surface area contributed by atoms with Gasteiger partial charge in [-0.15, -0.1) is 11.3 Å². The zero-order chi connectivity index (χ0) is 13.3. The Bertz CT molecular complexity index is 531. The standard InChI is InChI=1S/C12H9BrCl3NS/c1-17-11(10-5-9(13)12(16)18-10)6-2-7(14)4-8(15)3-6/h2-5,11,17H,1H3. The summed E-state index contributed by atoms with van der Waals surface area (Å²) in [4.78, 5) is 1.10. The van der Waals surface area contributed by atoms with Crippen LogP contribution in [0.5, 0.6) is 0 Å². The predicted octanol–water partition coefficient (Wildman–Crippen LogP) is 5.78. The van der Waals surface area contributed by atoms with E-state index in [9.17, 15) is 0 Å². The lowest BCUT2D eigenvalue weighted by molar-refractivity contribution is 0.704. The third-order valence-electron chi connectivity index (χ3n) is 2.46. The van der Waals surface area contributed by atoms with Crippen LogP contribution in [0.15, 0.2) is 28.7 Å². The molecule has 1 atom stereocenters. The van der Waals surface area contributed by atoms with Crippen LogP contribution in [0.3, 0.4) is 0 Å². The zero-order valence-electron chi connectivity index (χ0n) is 9.31. The Morgan fingerprint density at radius 2 is 1.72 bits per heavy atom. The first-order valence-electron chi connectivity index (χ1n) is 5.09. The van der Waals surface area contributed by atoms with Gasteiger partial charge in [-0.1, -0.05) is 34.8 Å². The van der Waals surface area contributed by atoms with Gasteiger partial charge in [-0.3, -0.25) is 0 Å². The lowest BCUT2D eigenvalue weighted by Crippen LogP contribution is -2.16. The van der Waals surface area contributed by atoms with Crippen LogP contribution >= 0.6 is 62.1 Å². The normalized spacial score (nSPS) is 12.7. The molecule has 2 rings (SSSR count). The molecule has 1 aromatic heterocycles. The van der Waals surface area contributed by atoms with Gasteiger partial charge in [0.05, 0.1) is 6.04 Å². The van der Waals surface area contributed by atoms with Gasteiger partial charge in [0, 0.05) is 19.4 Å². The lowest BCUT2D eigenvalue weighted by atomic mass is 10.1. The van der Waals surface area contributed by atoms with Gasteiger partial charge in [0.1, 0.15) is 4.34 Å². The molecule has 18 heavy (non-hydrogen) atoms. The maximum absolute atomic E-state index is 6.07. The molecule has 2 aromatic rings. The molecule has 0 amide bonds. The molecule has 0 bridgehead atoms. The number of nitrogens with one attached hydrogen (secondary N) is 1. The Balaban J connectivity index is 2.44. The van der Waals surface area contributed by atoms with Gasteiger partial charge in [0.2, 0.25) is 0 Å². The van der Waals surface area contributed by atoms with E-state index in [1.54, 1.807) is 6.07 Å². The van der Waals surface area contributed by atoms with Crippen LogP contribution in [0.2, 0.25) is 14.4 Å². The SMILES string of the molecule is CNC(c1cc(Cl)cc(Cl)c1)c1cc(Br)c(Cl)s1. The van der Waals surface area contributed by atoms with Crippen molar-refractivity contribution in [3.63, 3.8) is 0 Å². The molecule has 1 unspecified atom stereocenters. The summed E-state index contributed by atoms with van der Waals surface area (Å²) in [6.07, 6.45) is 0. The van der Waals surface area contributed by atoms with E-state index in [1.807, 2.05) is 25.2 Å². The molecule has 0 spiro atoms. The first kappa shape index (κ1) is 14.6. The van der Waals surface area contributed by atoms with Crippen LogP contribution in [0, 0.1) is 0 Å². The lowest BCUT2D eigenvalue weighted by Gasteiger charge is -2.15. The highest BCUT2D eigenvalue weighted by Gasteiger charge is 2.17. The van der Waals surface area contributed by atoms with Gasteiger partial charge in [-0.05, 0) is 52.8 Å². The number of thiophene rings is 1. The van der Waals surface area contributed by atoms with Crippen molar-refractivity contribution in [2.24, 2.45) is 0 Å².